The number of rotatable bonds is 3. The summed E-state index contributed by atoms with van der Waals surface area (Å²) >= 11 is 1.32. The minimum Gasteiger partial charge on any atom is -0.507 e. The molecular formula is C25H19N3O3S. The van der Waals surface area contributed by atoms with Crippen molar-refractivity contribution in [2.45, 2.75) is 19.9 Å². The number of anilines is 1. The average molecular weight is 442 g/mol. The molecule has 0 spiro atoms. The molecule has 2 aromatic carbocycles. The molecule has 4 aromatic rings. The first kappa shape index (κ1) is 20.1. The van der Waals surface area contributed by atoms with Crippen LogP contribution in [0.25, 0.3) is 16.0 Å². The predicted molar refractivity (Wildman–Crippen MR) is 125 cm³/mol. The van der Waals surface area contributed by atoms with Gasteiger partial charge in [-0.1, -0.05) is 47.2 Å². The van der Waals surface area contributed by atoms with E-state index in [-0.39, 0.29) is 11.3 Å². The third kappa shape index (κ3) is 3.18. The third-order valence-electron chi connectivity index (χ3n) is 5.55. The van der Waals surface area contributed by atoms with E-state index in [1.165, 1.54) is 16.2 Å². The number of pyridine rings is 1. The molecule has 158 valence electrons. The number of fused-ring (bicyclic) bond motifs is 1. The Morgan fingerprint density at radius 2 is 1.81 bits per heavy atom. The Hall–Kier alpha value is -3.84. The highest BCUT2D eigenvalue weighted by molar-refractivity contribution is 7.22. The van der Waals surface area contributed by atoms with Crippen molar-refractivity contribution >= 4 is 44.1 Å². The van der Waals surface area contributed by atoms with E-state index < -0.39 is 17.7 Å². The Kier molecular flexibility index (Phi) is 4.83. The van der Waals surface area contributed by atoms with Gasteiger partial charge in [0.2, 0.25) is 0 Å². The van der Waals surface area contributed by atoms with Gasteiger partial charge in [0, 0.05) is 11.8 Å². The molecule has 1 unspecified atom stereocenters. The number of aliphatic hydroxyl groups is 1. The van der Waals surface area contributed by atoms with Gasteiger partial charge in [-0.3, -0.25) is 19.5 Å². The van der Waals surface area contributed by atoms with Gasteiger partial charge in [-0.05, 0) is 49.7 Å². The lowest BCUT2D eigenvalue weighted by Gasteiger charge is -2.22. The molecule has 3 heterocycles. The molecule has 1 fully saturated rings. The highest BCUT2D eigenvalue weighted by Crippen LogP contribution is 2.43. The number of benzene rings is 2. The summed E-state index contributed by atoms with van der Waals surface area (Å²) < 4.78 is 0.902. The van der Waals surface area contributed by atoms with Crippen LogP contribution < -0.4 is 4.90 Å². The van der Waals surface area contributed by atoms with Gasteiger partial charge in [-0.25, -0.2) is 4.98 Å². The first-order valence-electron chi connectivity index (χ1n) is 10.1. The molecule has 1 aliphatic heterocycles. The Morgan fingerprint density at radius 3 is 2.56 bits per heavy atom. The number of Topliss-reactive ketones (excluding diaryl/α,β-unsaturated/α-hetero) is 1. The molecular weight excluding hydrogens is 422 g/mol. The number of ketones is 1. The zero-order valence-electron chi connectivity index (χ0n) is 17.4. The van der Waals surface area contributed by atoms with E-state index in [4.69, 9.17) is 0 Å². The van der Waals surface area contributed by atoms with Crippen molar-refractivity contribution in [1.29, 1.82) is 0 Å². The summed E-state index contributed by atoms with van der Waals surface area (Å²) in [5.74, 6) is -1.69. The zero-order chi connectivity index (χ0) is 22.4. The van der Waals surface area contributed by atoms with Crippen LogP contribution in [0.4, 0.5) is 5.13 Å². The first-order valence-corrected chi connectivity index (χ1v) is 10.9. The molecule has 0 aliphatic carbocycles. The fourth-order valence-corrected chi connectivity index (χ4v) is 4.94. The Labute approximate surface area is 188 Å². The second-order valence-corrected chi connectivity index (χ2v) is 8.72. The lowest BCUT2D eigenvalue weighted by atomic mass is 9.95. The van der Waals surface area contributed by atoms with Gasteiger partial charge in [0.05, 0.1) is 21.5 Å². The molecule has 1 aliphatic rings. The average Bonchev–Trinajstić information content (AvgIpc) is 3.34. The largest absolute Gasteiger partial charge is 0.507 e. The monoisotopic (exact) mass is 441 g/mol. The minimum absolute atomic E-state index is 0.0154. The fourth-order valence-electron chi connectivity index (χ4n) is 3.95. The van der Waals surface area contributed by atoms with Crippen LogP contribution in [0.1, 0.15) is 28.4 Å². The van der Waals surface area contributed by atoms with Crippen LogP contribution in [0.2, 0.25) is 0 Å². The van der Waals surface area contributed by atoms with Gasteiger partial charge in [0.15, 0.2) is 5.13 Å². The molecule has 5 rings (SSSR count). The molecule has 0 bridgehead atoms. The number of nitrogens with zero attached hydrogens (tertiary/aromatic N) is 3. The van der Waals surface area contributed by atoms with E-state index in [9.17, 15) is 14.7 Å². The minimum atomic E-state index is -0.878. The summed E-state index contributed by atoms with van der Waals surface area (Å²) in [4.78, 5) is 36.8. The van der Waals surface area contributed by atoms with Crippen LogP contribution in [-0.2, 0) is 9.59 Å². The quantitative estimate of drug-likeness (QED) is 0.277. The van der Waals surface area contributed by atoms with Crippen molar-refractivity contribution in [3.05, 3.63) is 94.8 Å². The SMILES string of the molecule is Cc1ccc(C)c(/C(O)=C2\C(=O)C(=O)N(c3nc4ccccc4s3)C2c2ccccn2)c1. The van der Waals surface area contributed by atoms with Crippen LogP contribution in [0.3, 0.4) is 0 Å². The molecule has 0 saturated carbocycles. The maximum Gasteiger partial charge on any atom is 0.301 e. The van der Waals surface area contributed by atoms with Crippen LogP contribution in [0.5, 0.6) is 0 Å². The molecule has 6 nitrogen and oxygen atoms in total. The second-order valence-electron chi connectivity index (χ2n) is 7.71. The van der Waals surface area contributed by atoms with Crippen molar-refractivity contribution in [3.63, 3.8) is 0 Å². The summed E-state index contributed by atoms with van der Waals surface area (Å²) in [5, 5.41) is 11.7. The van der Waals surface area contributed by atoms with Crippen molar-refractivity contribution in [1.82, 2.24) is 9.97 Å². The molecule has 1 saturated heterocycles. The summed E-state index contributed by atoms with van der Waals surface area (Å²) in [5.41, 5.74) is 3.50. The van der Waals surface area contributed by atoms with Crippen LogP contribution in [0, 0.1) is 13.8 Å². The molecule has 0 radical (unpaired) electrons. The Bertz CT molecular complexity index is 1380. The molecule has 1 amide bonds. The second kappa shape index (κ2) is 7.69. The standard InChI is InChI=1S/C25H19N3O3S/c1-14-10-11-15(2)16(13-14)22(29)20-21(18-8-5-6-12-26-18)28(24(31)23(20)30)25-27-17-7-3-4-9-19(17)32-25/h3-13,21,29H,1-2H3/b22-20+. The van der Waals surface area contributed by atoms with Gasteiger partial charge < -0.3 is 5.11 Å². The maximum atomic E-state index is 13.2. The number of carbonyl (C=O) groups excluding carboxylic acids is 2. The number of hydrogen-bond donors (Lipinski definition) is 1. The topological polar surface area (TPSA) is 83.4 Å². The lowest BCUT2D eigenvalue weighted by molar-refractivity contribution is -0.132. The number of aromatic nitrogens is 2. The highest BCUT2D eigenvalue weighted by atomic mass is 32.1. The van der Waals surface area contributed by atoms with Crippen LogP contribution in [0.15, 0.2) is 72.4 Å². The van der Waals surface area contributed by atoms with E-state index in [0.29, 0.717) is 16.4 Å². The van der Waals surface area contributed by atoms with E-state index in [0.717, 1.165) is 21.3 Å². The predicted octanol–water partition coefficient (Wildman–Crippen LogP) is 4.93. The van der Waals surface area contributed by atoms with Crippen molar-refractivity contribution in [2.24, 2.45) is 0 Å². The van der Waals surface area contributed by atoms with Gasteiger partial charge in [0.1, 0.15) is 11.8 Å². The number of hydrogen-bond acceptors (Lipinski definition) is 6. The van der Waals surface area contributed by atoms with Gasteiger partial charge in [-0.15, -0.1) is 0 Å². The smallest absolute Gasteiger partial charge is 0.301 e. The van der Waals surface area contributed by atoms with Crippen LogP contribution in [-0.4, -0.2) is 26.8 Å². The Balaban J connectivity index is 1.76. The maximum absolute atomic E-state index is 13.2. The van der Waals surface area contributed by atoms with Crippen molar-refractivity contribution < 1.29 is 14.7 Å². The molecule has 32 heavy (non-hydrogen) atoms. The first-order chi connectivity index (χ1) is 15.5. The number of thiazole rings is 1. The van der Waals surface area contributed by atoms with E-state index >= 15 is 0 Å². The number of amides is 1. The molecule has 2 aromatic heterocycles. The fraction of sp³-hybridized carbons (Fsp3) is 0.120. The van der Waals surface area contributed by atoms with E-state index in [2.05, 4.69) is 9.97 Å². The zero-order valence-corrected chi connectivity index (χ0v) is 18.3. The molecule has 1 atom stereocenters. The summed E-state index contributed by atoms with van der Waals surface area (Å²) in [6, 6.07) is 17.6. The number of aryl methyl sites for hydroxylation is 2. The molecule has 7 heteroatoms. The summed E-state index contributed by atoms with van der Waals surface area (Å²) in [6.07, 6.45) is 1.60. The summed E-state index contributed by atoms with van der Waals surface area (Å²) in [6.45, 7) is 3.76. The number of aliphatic hydroxyl groups excluding tert-OH is 1. The highest BCUT2D eigenvalue weighted by Gasteiger charge is 2.48. The normalized spacial score (nSPS) is 17.9. The lowest BCUT2D eigenvalue weighted by Crippen LogP contribution is -2.29. The van der Waals surface area contributed by atoms with Gasteiger partial charge >= 0.3 is 5.91 Å². The van der Waals surface area contributed by atoms with Crippen LogP contribution >= 0.6 is 11.3 Å². The van der Waals surface area contributed by atoms with Gasteiger partial charge in [-0.2, -0.15) is 0 Å². The van der Waals surface area contributed by atoms with Crippen molar-refractivity contribution in [3.8, 4) is 0 Å². The van der Waals surface area contributed by atoms with Crippen molar-refractivity contribution in [2.75, 3.05) is 4.90 Å². The number of carbonyl (C=O) groups is 2. The van der Waals surface area contributed by atoms with Gasteiger partial charge in [0.25, 0.3) is 5.78 Å². The Morgan fingerprint density at radius 1 is 1.03 bits per heavy atom. The number of para-hydroxylation sites is 1. The van der Waals surface area contributed by atoms with E-state index in [1.54, 1.807) is 24.4 Å². The molecule has 1 N–H and O–H groups in total. The van der Waals surface area contributed by atoms with E-state index in [1.807, 2.05) is 56.3 Å². The third-order valence-corrected chi connectivity index (χ3v) is 6.58. The summed E-state index contributed by atoms with van der Waals surface area (Å²) in [7, 11) is 0.